The van der Waals surface area contributed by atoms with Crippen molar-refractivity contribution in [2.24, 2.45) is 0 Å². The molecule has 0 bridgehead atoms. The Labute approximate surface area is 128 Å². The third-order valence-corrected chi connectivity index (χ3v) is 4.87. The van der Waals surface area contributed by atoms with Crippen LogP contribution in [0.2, 0.25) is 0 Å². The minimum atomic E-state index is -2.92. The van der Waals surface area contributed by atoms with Crippen molar-refractivity contribution in [3.63, 3.8) is 0 Å². The summed E-state index contributed by atoms with van der Waals surface area (Å²) in [4.78, 5) is 2.23. The Balaban J connectivity index is 2.20. The number of hydrogen-bond acceptors (Lipinski definition) is 4. The summed E-state index contributed by atoms with van der Waals surface area (Å²) in [6.07, 6.45) is 4.62. The van der Waals surface area contributed by atoms with Gasteiger partial charge in [0, 0.05) is 31.1 Å². The molecule has 118 valence electrons. The van der Waals surface area contributed by atoms with Crippen molar-refractivity contribution in [2.45, 2.75) is 32.2 Å². The largest absolute Gasteiger partial charge is 0.370 e. The molecule has 0 aliphatic carbocycles. The number of benzene rings is 1. The van der Waals surface area contributed by atoms with Crippen LogP contribution in [-0.4, -0.2) is 40.1 Å². The van der Waals surface area contributed by atoms with Crippen molar-refractivity contribution in [3.05, 3.63) is 29.8 Å². The summed E-state index contributed by atoms with van der Waals surface area (Å²) in [6.45, 7) is 4.70. The number of nitrogens with zero attached hydrogens (tertiary/aromatic N) is 1. The van der Waals surface area contributed by atoms with E-state index in [1.54, 1.807) is 0 Å². The third kappa shape index (κ3) is 4.71. The van der Waals surface area contributed by atoms with E-state index in [-0.39, 0.29) is 5.75 Å². The van der Waals surface area contributed by atoms with E-state index >= 15 is 0 Å². The quantitative estimate of drug-likeness (QED) is 0.876. The molecule has 1 aromatic rings. The Morgan fingerprint density at radius 2 is 2.10 bits per heavy atom. The van der Waals surface area contributed by atoms with Crippen LogP contribution in [0.1, 0.15) is 37.8 Å². The van der Waals surface area contributed by atoms with Gasteiger partial charge in [0.1, 0.15) is 9.84 Å². The van der Waals surface area contributed by atoms with Crippen molar-refractivity contribution >= 4 is 15.5 Å². The summed E-state index contributed by atoms with van der Waals surface area (Å²) >= 11 is 0. The summed E-state index contributed by atoms with van der Waals surface area (Å²) in [5.74, 6) is 0.217. The van der Waals surface area contributed by atoms with Gasteiger partial charge in [-0.1, -0.05) is 25.1 Å². The highest BCUT2D eigenvalue weighted by molar-refractivity contribution is 7.90. The number of para-hydroxylation sites is 1. The second-order valence-electron chi connectivity index (χ2n) is 5.82. The lowest BCUT2D eigenvalue weighted by atomic mass is 10.0. The molecule has 0 radical (unpaired) electrons. The fourth-order valence-corrected chi connectivity index (χ4v) is 3.42. The average molecular weight is 310 g/mol. The van der Waals surface area contributed by atoms with Gasteiger partial charge in [-0.25, -0.2) is 8.42 Å². The first-order chi connectivity index (χ1) is 10.0. The van der Waals surface area contributed by atoms with E-state index in [0.29, 0.717) is 12.6 Å². The molecule has 1 aromatic carbocycles. The molecular formula is C16H26N2O2S. The fourth-order valence-electron chi connectivity index (χ4n) is 2.87. The molecule has 21 heavy (non-hydrogen) atoms. The summed E-state index contributed by atoms with van der Waals surface area (Å²) in [5, 5.41) is 3.62. The average Bonchev–Trinajstić information content (AvgIpc) is 2.62. The first-order valence-electron chi connectivity index (χ1n) is 7.76. The fraction of sp³-hybridized carbons (Fsp3) is 0.625. The summed E-state index contributed by atoms with van der Waals surface area (Å²) in [5.41, 5.74) is 2.49. The standard InChI is InChI=1S/C16H26N2O2S/c1-3-10-17-15-8-6-11-18(12-13-21(2,19)20)16-9-5-4-7-14(15)16/h4-5,7,9,15,17H,3,6,8,10-13H2,1-2H3. The van der Waals surface area contributed by atoms with Crippen LogP contribution in [0.4, 0.5) is 5.69 Å². The second-order valence-corrected chi connectivity index (χ2v) is 8.08. The van der Waals surface area contributed by atoms with E-state index in [2.05, 4.69) is 35.3 Å². The van der Waals surface area contributed by atoms with Gasteiger partial charge in [0.25, 0.3) is 0 Å². The molecule has 1 heterocycles. The highest BCUT2D eigenvalue weighted by atomic mass is 32.2. The first-order valence-corrected chi connectivity index (χ1v) is 9.82. The monoisotopic (exact) mass is 310 g/mol. The Bertz CT molecular complexity index is 557. The van der Waals surface area contributed by atoms with Crippen LogP contribution in [0.25, 0.3) is 0 Å². The van der Waals surface area contributed by atoms with Gasteiger partial charge in [0.2, 0.25) is 0 Å². The number of hydrogen-bond donors (Lipinski definition) is 1. The highest BCUT2D eigenvalue weighted by Crippen LogP contribution is 2.32. The Morgan fingerprint density at radius 1 is 1.33 bits per heavy atom. The number of anilines is 1. The molecule has 0 saturated heterocycles. The van der Waals surface area contributed by atoms with Crippen LogP contribution in [-0.2, 0) is 9.84 Å². The van der Waals surface area contributed by atoms with Crippen LogP contribution in [0.5, 0.6) is 0 Å². The maximum Gasteiger partial charge on any atom is 0.149 e. The van der Waals surface area contributed by atoms with Gasteiger partial charge in [-0.05, 0) is 37.4 Å². The summed E-state index contributed by atoms with van der Waals surface area (Å²) in [7, 11) is -2.92. The van der Waals surface area contributed by atoms with E-state index in [4.69, 9.17) is 0 Å². The molecule has 0 saturated carbocycles. The number of rotatable bonds is 6. The summed E-state index contributed by atoms with van der Waals surface area (Å²) in [6, 6.07) is 8.77. The van der Waals surface area contributed by atoms with Crippen molar-refractivity contribution in [1.82, 2.24) is 5.32 Å². The van der Waals surface area contributed by atoms with Crippen molar-refractivity contribution < 1.29 is 8.42 Å². The third-order valence-electron chi connectivity index (χ3n) is 3.95. The number of fused-ring (bicyclic) bond motifs is 1. The molecule has 1 aliphatic rings. The van der Waals surface area contributed by atoms with Gasteiger partial charge in [0.05, 0.1) is 5.75 Å². The molecule has 2 rings (SSSR count). The number of sulfone groups is 1. The van der Waals surface area contributed by atoms with Gasteiger partial charge >= 0.3 is 0 Å². The van der Waals surface area contributed by atoms with Crippen molar-refractivity contribution in [3.8, 4) is 0 Å². The van der Waals surface area contributed by atoms with Gasteiger partial charge < -0.3 is 10.2 Å². The molecule has 5 heteroatoms. The van der Waals surface area contributed by atoms with Crippen molar-refractivity contribution in [1.29, 1.82) is 0 Å². The molecule has 0 fully saturated rings. The normalized spacial score (nSPS) is 19.1. The first kappa shape index (κ1) is 16.3. The topological polar surface area (TPSA) is 49.4 Å². The lowest BCUT2D eigenvalue weighted by molar-refractivity contribution is 0.496. The summed E-state index contributed by atoms with van der Waals surface area (Å²) < 4.78 is 22.9. The lowest BCUT2D eigenvalue weighted by Gasteiger charge is -2.25. The molecule has 1 aliphatic heterocycles. The Hall–Kier alpha value is -1.07. The minimum Gasteiger partial charge on any atom is -0.370 e. The highest BCUT2D eigenvalue weighted by Gasteiger charge is 2.22. The van der Waals surface area contributed by atoms with Crippen LogP contribution < -0.4 is 10.2 Å². The molecule has 0 amide bonds. The molecule has 1 unspecified atom stereocenters. The molecule has 1 N–H and O–H groups in total. The van der Waals surface area contributed by atoms with E-state index in [1.807, 2.05) is 6.07 Å². The smallest absolute Gasteiger partial charge is 0.149 e. The minimum absolute atomic E-state index is 0.217. The molecular weight excluding hydrogens is 284 g/mol. The molecule has 1 atom stereocenters. The Morgan fingerprint density at radius 3 is 2.81 bits per heavy atom. The zero-order chi connectivity index (χ0) is 15.3. The Kier molecular flexibility index (Phi) is 5.65. The zero-order valence-corrected chi connectivity index (χ0v) is 13.8. The second kappa shape index (κ2) is 7.27. The predicted molar refractivity (Wildman–Crippen MR) is 88.6 cm³/mol. The molecule has 0 spiro atoms. The van der Waals surface area contributed by atoms with Gasteiger partial charge in [-0.3, -0.25) is 0 Å². The lowest BCUT2D eigenvalue weighted by Crippen LogP contribution is -2.30. The maximum atomic E-state index is 11.4. The van der Waals surface area contributed by atoms with Crippen LogP contribution >= 0.6 is 0 Å². The van der Waals surface area contributed by atoms with Crippen LogP contribution in [0, 0.1) is 0 Å². The van der Waals surface area contributed by atoms with Crippen molar-refractivity contribution in [2.75, 3.05) is 36.5 Å². The molecule has 4 nitrogen and oxygen atoms in total. The van der Waals surface area contributed by atoms with Crippen LogP contribution in [0.3, 0.4) is 0 Å². The molecule has 0 aromatic heterocycles. The van der Waals surface area contributed by atoms with E-state index in [1.165, 1.54) is 17.5 Å². The zero-order valence-electron chi connectivity index (χ0n) is 13.0. The van der Waals surface area contributed by atoms with Gasteiger partial charge in [0.15, 0.2) is 0 Å². The van der Waals surface area contributed by atoms with Crippen LogP contribution in [0.15, 0.2) is 24.3 Å². The predicted octanol–water partition coefficient (Wildman–Crippen LogP) is 2.37. The van der Waals surface area contributed by atoms with Gasteiger partial charge in [-0.2, -0.15) is 0 Å². The SMILES string of the molecule is CCCNC1CCCN(CCS(C)(=O)=O)c2ccccc21. The van der Waals surface area contributed by atoms with E-state index in [9.17, 15) is 8.42 Å². The maximum absolute atomic E-state index is 11.4. The number of nitrogens with one attached hydrogen (secondary N) is 1. The van der Waals surface area contributed by atoms with E-state index in [0.717, 1.165) is 32.4 Å². The van der Waals surface area contributed by atoms with Gasteiger partial charge in [-0.15, -0.1) is 0 Å². The van der Waals surface area contributed by atoms with E-state index < -0.39 is 9.84 Å².